The molecule has 0 saturated heterocycles. The molecule has 2 aromatic heterocycles. The van der Waals surface area contributed by atoms with Crippen molar-refractivity contribution in [3.63, 3.8) is 0 Å². The Morgan fingerprint density at radius 2 is 1.74 bits per heavy atom. The van der Waals surface area contributed by atoms with Crippen LogP contribution in [0, 0.1) is 0 Å². The fourth-order valence-electron chi connectivity index (χ4n) is 4.36. The molecule has 0 aliphatic carbocycles. The average Bonchev–Trinajstić information content (AvgIpc) is 3.21. The Hall–Kier alpha value is -4.27. The molecular weight excluding hydrogens is 514 g/mol. The van der Waals surface area contributed by atoms with E-state index in [1.165, 1.54) is 0 Å². The van der Waals surface area contributed by atoms with Crippen molar-refractivity contribution in [2.75, 3.05) is 32.3 Å². The van der Waals surface area contributed by atoms with Crippen LogP contribution in [0.5, 0.6) is 11.5 Å². The number of aromatic nitrogens is 3. The van der Waals surface area contributed by atoms with Crippen LogP contribution in [-0.4, -0.2) is 53.6 Å². The Balaban J connectivity index is 1.52. The van der Waals surface area contributed by atoms with Gasteiger partial charge in [0.15, 0.2) is 0 Å². The Labute approximate surface area is 231 Å². The van der Waals surface area contributed by atoms with Crippen molar-refractivity contribution in [3.8, 4) is 22.8 Å². The number of anilines is 2. The van der Waals surface area contributed by atoms with Gasteiger partial charge < -0.3 is 19.5 Å². The zero-order valence-electron chi connectivity index (χ0n) is 21.7. The summed E-state index contributed by atoms with van der Waals surface area (Å²) in [5.41, 5.74) is 6.83. The van der Waals surface area contributed by atoms with Crippen LogP contribution in [-0.2, 0) is 0 Å². The fourth-order valence-corrected chi connectivity index (χ4v) is 4.49. The summed E-state index contributed by atoms with van der Waals surface area (Å²) in [5.74, 6) is 1.37. The predicted molar refractivity (Wildman–Crippen MR) is 156 cm³/mol. The van der Waals surface area contributed by atoms with Crippen LogP contribution in [0.1, 0.15) is 18.5 Å². The van der Waals surface area contributed by atoms with Gasteiger partial charge >= 0.3 is 0 Å². The largest absolute Gasteiger partial charge is 0.497 e. The first-order valence-electron chi connectivity index (χ1n) is 12.5. The summed E-state index contributed by atoms with van der Waals surface area (Å²) in [4.78, 5) is 20.4. The van der Waals surface area contributed by atoms with Gasteiger partial charge in [-0.2, -0.15) is 0 Å². The Bertz CT molecular complexity index is 1560. The quantitative estimate of drug-likeness (QED) is 0.253. The normalized spacial score (nSPS) is 13.0. The first kappa shape index (κ1) is 26.3. The van der Waals surface area contributed by atoms with E-state index in [0.717, 1.165) is 44.9 Å². The van der Waals surface area contributed by atoms with Gasteiger partial charge in [0.2, 0.25) is 0 Å². The number of aliphatic hydroxyl groups is 1. The molecule has 3 heterocycles. The molecule has 0 saturated carbocycles. The second-order valence-electron chi connectivity index (χ2n) is 8.86. The molecule has 4 aromatic rings. The molecule has 198 valence electrons. The SMILES string of the molecule is COc1cc(OC)cc(N(CCCO)c2ccc3ncc(-c4ccnc(C5=CC=NC(Cl)=CC5)c4)nc3c2)c1. The number of halogens is 1. The lowest BCUT2D eigenvalue weighted by molar-refractivity contribution is 0.291. The number of allylic oxidation sites excluding steroid dienone is 3. The first-order valence-corrected chi connectivity index (χ1v) is 12.9. The lowest BCUT2D eigenvalue weighted by Crippen LogP contribution is -2.19. The molecule has 39 heavy (non-hydrogen) atoms. The molecule has 1 aliphatic rings. The lowest BCUT2D eigenvalue weighted by Gasteiger charge is -2.26. The number of aliphatic imine (C=N–C) groups is 1. The van der Waals surface area contributed by atoms with E-state index in [9.17, 15) is 5.11 Å². The molecule has 1 N–H and O–H groups in total. The van der Waals surface area contributed by atoms with E-state index in [0.29, 0.717) is 36.0 Å². The van der Waals surface area contributed by atoms with E-state index in [-0.39, 0.29) is 6.61 Å². The highest BCUT2D eigenvalue weighted by molar-refractivity contribution is 6.30. The maximum atomic E-state index is 9.57. The average molecular weight is 542 g/mol. The Kier molecular flexibility index (Phi) is 8.15. The van der Waals surface area contributed by atoms with E-state index in [2.05, 4.69) is 19.9 Å². The van der Waals surface area contributed by atoms with E-state index in [4.69, 9.17) is 26.1 Å². The number of pyridine rings is 1. The highest BCUT2D eigenvalue weighted by Crippen LogP contribution is 2.34. The standard InChI is InChI=1S/C30H28ClN5O3/c1-38-24-15-23(16-25(18-24)39-2)36(12-3-13-37)22-5-6-26-28(17-22)35-29(19-34-26)21-9-10-32-27(14-21)20-4-7-30(31)33-11-8-20/h5-11,14-19,37H,3-4,12-13H2,1-2H3. The van der Waals surface area contributed by atoms with E-state index < -0.39 is 0 Å². The van der Waals surface area contributed by atoms with E-state index in [1.807, 2.05) is 60.7 Å². The van der Waals surface area contributed by atoms with Crippen LogP contribution in [0.15, 0.2) is 83.2 Å². The number of aliphatic hydroxyl groups excluding tert-OH is 1. The van der Waals surface area contributed by atoms with Gasteiger partial charge in [-0.1, -0.05) is 11.6 Å². The number of ether oxygens (including phenoxy) is 2. The number of hydrogen-bond acceptors (Lipinski definition) is 8. The number of fused-ring (bicyclic) bond motifs is 1. The second kappa shape index (κ2) is 12.1. The third-order valence-corrected chi connectivity index (χ3v) is 6.63. The zero-order chi connectivity index (χ0) is 27.2. The van der Waals surface area contributed by atoms with E-state index in [1.54, 1.807) is 32.8 Å². The van der Waals surface area contributed by atoms with Gasteiger partial charge in [-0.05, 0) is 60.9 Å². The van der Waals surface area contributed by atoms with Crippen LogP contribution in [0.2, 0.25) is 0 Å². The minimum absolute atomic E-state index is 0.0732. The van der Waals surface area contributed by atoms with Crippen molar-refractivity contribution in [2.24, 2.45) is 4.99 Å². The number of benzene rings is 2. The van der Waals surface area contributed by atoms with Gasteiger partial charge in [0.1, 0.15) is 16.7 Å². The first-order chi connectivity index (χ1) is 19.1. The summed E-state index contributed by atoms with van der Waals surface area (Å²) in [6, 6.07) is 15.6. The number of rotatable bonds is 9. The minimum Gasteiger partial charge on any atom is -0.497 e. The van der Waals surface area contributed by atoms with Crippen molar-refractivity contribution in [3.05, 3.63) is 83.9 Å². The molecule has 0 radical (unpaired) electrons. The Morgan fingerprint density at radius 1 is 0.923 bits per heavy atom. The van der Waals surface area contributed by atoms with Crippen molar-refractivity contribution >= 4 is 45.8 Å². The summed E-state index contributed by atoms with van der Waals surface area (Å²) in [7, 11) is 3.25. The molecule has 0 fully saturated rings. The van der Waals surface area contributed by atoms with Crippen molar-refractivity contribution in [1.82, 2.24) is 15.0 Å². The monoisotopic (exact) mass is 541 g/mol. The molecule has 0 amide bonds. The van der Waals surface area contributed by atoms with E-state index >= 15 is 0 Å². The molecule has 9 heteroatoms. The molecular formula is C30H28ClN5O3. The molecule has 8 nitrogen and oxygen atoms in total. The number of nitrogens with zero attached hydrogens (tertiary/aromatic N) is 5. The van der Waals surface area contributed by atoms with Gasteiger partial charge in [0.05, 0.1) is 42.8 Å². The molecule has 5 rings (SSSR count). The van der Waals surface area contributed by atoms with Crippen molar-refractivity contribution < 1.29 is 14.6 Å². The Morgan fingerprint density at radius 3 is 2.51 bits per heavy atom. The highest BCUT2D eigenvalue weighted by Gasteiger charge is 2.15. The third-order valence-electron chi connectivity index (χ3n) is 6.37. The highest BCUT2D eigenvalue weighted by atomic mass is 35.5. The number of hydrogen-bond donors (Lipinski definition) is 1. The van der Waals surface area contributed by atoms with Crippen molar-refractivity contribution in [1.29, 1.82) is 0 Å². The summed E-state index contributed by atoms with van der Waals surface area (Å²) in [5, 5.41) is 10.0. The summed E-state index contributed by atoms with van der Waals surface area (Å²) in [6.45, 7) is 0.667. The van der Waals surface area contributed by atoms with Crippen LogP contribution < -0.4 is 14.4 Å². The molecule has 0 atom stereocenters. The predicted octanol–water partition coefficient (Wildman–Crippen LogP) is 6.17. The molecule has 2 aromatic carbocycles. The topological polar surface area (TPSA) is 93.0 Å². The molecule has 1 aliphatic heterocycles. The maximum absolute atomic E-state index is 9.57. The fraction of sp³-hybridized carbons (Fsp3) is 0.200. The second-order valence-corrected chi connectivity index (χ2v) is 9.25. The van der Waals surface area contributed by atoms with Crippen LogP contribution in [0.4, 0.5) is 11.4 Å². The summed E-state index contributed by atoms with van der Waals surface area (Å²) in [6.07, 6.45) is 10.2. The van der Waals surface area contributed by atoms with Gasteiger partial charge in [-0.25, -0.2) is 9.98 Å². The lowest BCUT2D eigenvalue weighted by atomic mass is 10.1. The molecule has 0 spiro atoms. The summed E-state index contributed by atoms with van der Waals surface area (Å²) >= 11 is 6.05. The van der Waals surface area contributed by atoms with Crippen LogP contribution >= 0.6 is 11.6 Å². The summed E-state index contributed by atoms with van der Waals surface area (Å²) < 4.78 is 11.0. The van der Waals surface area contributed by atoms with Gasteiger partial charge in [-0.15, -0.1) is 0 Å². The number of methoxy groups -OCH3 is 2. The van der Waals surface area contributed by atoms with Crippen LogP contribution in [0.3, 0.4) is 0 Å². The molecule has 0 bridgehead atoms. The van der Waals surface area contributed by atoms with Crippen molar-refractivity contribution in [2.45, 2.75) is 12.8 Å². The van der Waals surface area contributed by atoms with Gasteiger partial charge in [0, 0.05) is 60.7 Å². The zero-order valence-corrected chi connectivity index (χ0v) is 22.5. The molecule has 0 unspecified atom stereocenters. The third kappa shape index (κ3) is 6.08. The van der Waals surface area contributed by atoms with Gasteiger partial charge in [0.25, 0.3) is 0 Å². The van der Waals surface area contributed by atoms with Crippen LogP contribution in [0.25, 0.3) is 27.9 Å². The van der Waals surface area contributed by atoms with Gasteiger partial charge in [-0.3, -0.25) is 9.97 Å². The smallest absolute Gasteiger partial charge is 0.125 e. The minimum atomic E-state index is 0.0732. The maximum Gasteiger partial charge on any atom is 0.125 e.